The van der Waals surface area contributed by atoms with Gasteiger partial charge in [-0.15, -0.1) is 10.2 Å². The summed E-state index contributed by atoms with van der Waals surface area (Å²) in [5.41, 5.74) is 3.95. The van der Waals surface area contributed by atoms with E-state index in [1.807, 2.05) is 40.8 Å². The number of para-hydroxylation sites is 2. The maximum Gasteiger partial charge on any atom is 0.265 e. The number of nitrogens with zero attached hydrogens (tertiary/aromatic N) is 5. The monoisotopic (exact) mass is 471 g/mol. The highest BCUT2D eigenvalue weighted by molar-refractivity contribution is 7.92. The Morgan fingerprint density at radius 1 is 0.824 bits per heavy atom. The number of aromatic nitrogens is 4. The minimum atomic E-state index is -3.84. The SMILES string of the molecule is CN(c1nc2ccccc2n2c(-c3ccc(C(C)(C)C)cc3)nnc12)S(=O)(=O)c1ccccc1. The predicted molar refractivity (Wildman–Crippen MR) is 134 cm³/mol. The molecule has 0 bridgehead atoms. The largest absolute Gasteiger partial charge is 0.270 e. The van der Waals surface area contributed by atoms with Crippen molar-refractivity contribution in [1.82, 2.24) is 19.6 Å². The molecular weight excluding hydrogens is 446 g/mol. The van der Waals surface area contributed by atoms with Crippen LogP contribution in [0.2, 0.25) is 0 Å². The van der Waals surface area contributed by atoms with Crippen LogP contribution in [-0.2, 0) is 15.4 Å². The Bertz CT molecular complexity index is 1600. The van der Waals surface area contributed by atoms with Crippen LogP contribution >= 0.6 is 0 Å². The molecule has 0 aliphatic heterocycles. The highest BCUT2D eigenvalue weighted by Gasteiger charge is 2.27. The number of hydrogen-bond acceptors (Lipinski definition) is 5. The van der Waals surface area contributed by atoms with E-state index in [1.54, 1.807) is 30.3 Å². The van der Waals surface area contributed by atoms with Gasteiger partial charge in [0.1, 0.15) is 0 Å². The molecule has 0 aliphatic rings. The van der Waals surface area contributed by atoms with Crippen molar-refractivity contribution in [1.29, 1.82) is 0 Å². The van der Waals surface area contributed by atoms with Crippen LogP contribution in [0.5, 0.6) is 0 Å². The molecule has 172 valence electrons. The van der Waals surface area contributed by atoms with Gasteiger partial charge in [-0.2, -0.15) is 0 Å². The number of hydrogen-bond donors (Lipinski definition) is 0. The average molecular weight is 472 g/mol. The second-order valence-electron chi connectivity index (χ2n) is 9.22. The molecular formula is C26H25N5O2S. The molecule has 0 spiro atoms. The summed E-state index contributed by atoms with van der Waals surface area (Å²) in [6, 6.07) is 24.1. The Morgan fingerprint density at radius 3 is 2.15 bits per heavy atom. The van der Waals surface area contributed by atoms with Gasteiger partial charge in [0.2, 0.25) is 5.65 Å². The molecule has 0 saturated carbocycles. The van der Waals surface area contributed by atoms with Gasteiger partial charge in [0.25, 0.3) is 10.0 Å². The number of benzene rings is 3. The lowest BCUT2D eigenvalue weighted by Gasteiger charge is -2.20. The van der Waals surface area contributed by atoms with Crippen molar-refractivity contribution in [2.45, 2.75) is 31.1 Å². The summed E-state index contributed by atoms with van der Waals surface area (Å²) in [5.74, 6) is 0.841. The van der Waals surface area contributed by atoms with Crippen molar-refractivity contribution >= 4 is 32.5 Å². The minimum Gasteiger partial charge on any atom is -0.270 e. The van der Waals surface area contributed by atoms with E-state index in [0.717, 1.165) is 11.1 Å². The summed E-state index contributed by atoms with van der Waals surface area (Å²) in [7, 11) is -2.35. The Hall–Kier alpha value is -3.78. The number of fused-ring (bicyclic) bond motifs is 3. The van der Waals surface area contributed by atoms with Crippen molar-refractivity contribution in [3.63, 3.8) is 0 Å². The van der Waals surface area contributed by atoms with Gasteiger partial charge in [-0.3, -0.25) is 4.40 Å². The van der Waals surface area contributed by atoms with Gasteiger partial charge in [0, 0.05) is 12.6 Å². The molecule has 5 aromatic rings. The first kappa shape index (κ1) is 22.0. The molecule has 0 unspecified atom stereocenters. The summed E-state index contributed by atoms with van der Waals surface area (Å²) in [6.45, 7) is 6.51. The zero-order chi connectivity index (χ0) is 24.1. The van der Waals surface area contributed by atoms with Gasteiger partial charge >= 0.3 is 0 Å². The summed E-state index contributed by atoms with van der Waals surface area (Å²) >= 11 is 0. The summed E-state index contributed by atoms with van der Waals surface area (Å²) in [4.78, 5) is 4.86. The van der Waals surface area contributed by atoms with Crippen molar-refractivity contribution < 1.29 is 8.42 Å². The lowest BCUT2D eigenvalue weighted by molar-refractivity contribution is 0.590. The van der Waals surface area contributed by atoms with Gasteiger partial charge in [0.15, 0.2) is 11.6 Å². The van der Waals surface area contributed by atoms with Crippen LogP contribution in [-0.4, -0.2) is 35.0 Å². The molecule has 7 nitrogen and oxygen atoms in total. The first-order chi connectivity index (χ1) is 16.2. The molecule has 0 fully saturated rings. The summed E-state index contributed by atoms with van der Waals surface area (Å²) < 4.78 is 29.7. The summed E-state index contributed by atoms with van der Waals surface area (Å²) in [6.07, 6.45) is 0. The van der Waals surface area contributed by atoms with E-state index in [-0.39, 0.29) is 16.1 Å². The van der Waals surface area contributed by atoms with E-state index in [1.165, 1.54) is 16.9 Å². The third-order valence-corrected chi connectivity index (χ3v) is 7.68. The third kappa shape index (κ3) is 3.60. The molecule has 0 amide bonds. The normalized spacial score (nSPS) is 12.4. The minimum absolute atomic E-state index is 0.0315. The fourth-order valence-corrected chi connectivity index (χ4v) is 5.12. The Labute approximate surface area is 198 Å². The van der Waals surface area contributed by atoms with E-state index >= 15 is 0 Å². The van der Waals surface area contributed by atoms with E-state index in [9.17, 15) is 8.42 Å². The van der Waals surface area contributed by atoms with E-state index in [2.05, 4.69) is 48.1 Å². The molecule has 5 rings (SSSR count). The third-order valence-electron chi connectivity index (χ3n) is 5.92. The highest BCUT2D eigenvalue weighted by Crippen LogP contribution is 2.31. The molecule has 8 heteroatoms. The Balaban J connectivity index is 1.73. The zero-order valence-corrected chi connectivity index (χ0v) is 20.3. The van der Waals surface area contributed by atoms with Crippen LogP contribution in [0.4, 0.5) is 5.82 Å². The molecule has 34 heavy (non-hydrogen) atoms. The molecule has 0 aliphatic carbocycles. The average Bonchev–Trinajstić information content (AvgIpc) is 3.29. The first-order valence-corrected chi connectivity index (χ1v) is 12.4. The molecule has 0 radical (unpaired) electrons. The van der Waals surface area contributed by atoms with Crippen molar-refractivity contribution in [2.75, 3.05) is 11.4 Å². The van der Waals surface area contributed by atoms with Crippen LogP contribution in [0.15, 0.2) is 83.8 Å². The molecule has 3 aromatic carbocycles. The summed E-state index contributed by atoms with van der Waals surface area (Å²) in [5, 5.41) is 8.85. The standard InChI is InChI=1S/C26H25N5O2S/c1-26(2,3)19-16-14-18(15-17-19)23-28-29-25-24(27-21-12-8-9-13-22(21)31(23)25)30(4)34(32,33)20-10-6-5-7-11-20/h5-17H,1-4H3. The fraction of sp³-hybridized carbons (Fsp3) is 0.192. The van der Waals surface area contributed by atoms with Crippen molar-refractivity contribution in [3.8, 4) is 11.4 Å². The van der Waals surface area contributed by atoms with Crippen molar-refractivity contribution in [3.05, 3.63) is 84.4 Å². The molecule has 2 heterocycles. The second-order valence-corrected chi connectivity index (χ2v) is 11.2. The Kier molecular flexibility index (Phi) is 5.13. The molecule has 0 saturated heterocycles. The quantitative estimate of drug-likeness (QED) is 0.366. The van der Waals surface area contributed by atoms with Crippen LogP contribution in [0.3, 0.4) is 0 Å². The Morgan fingerprint density at radius 2 is 1.47 bits per heavy atom. The van der Waals surface area contributed by atoms with Gasteiger partial charge < -0.3 is 0 Å². The smallest absolute Gasteiger partial charge is 0.265 e. The maximum absolute atomic E-state index is 13.3. The predicted octanol–water partition coefficient (Wildman–Crippen LogP) is 5.07. The van der Waals surface area contributed by atoms with Crippen LogP contribution in [0.1, 0.15) is 26.3 Å². The topological polar surface area (TPSA) is 80.5 Å². The highest BCUT2D eigenvalue weighted by atomic mass is 32.2. The number of rotatable bonds is 4. The van der Waals surface area contributed by atoms with E-state index < -0.39 is 10.0 Å². The number of sulfonamides is 1. The molecule has 0 N–H and O–H groups in total. The fourth-order valence-electron chi connectivity index (χ4n) is 3.95. The van der Waals surface area contributed by atoms with Gasteiger partial charge in [-0.25, -0.2) is 17.7 Å². The van der Waals surface area contributed by atoms with Crippen LogP contribution in [0.25, 0.3) is 28.1 Å². The molecule has 0 atom stereocenters. The lowest BCUT2D eigenvalue weighted by Crippen LogP contribution is -2.28. The lowest BCUT2D eigenvalue weighted by atomic mass is 9.87. The second kappa shape index (κ2) is 7.92. The number of anilines is 1. The maximum atomic E-state index is 13.3. The van der Waals surface area contributed by atoms with Crippen LogP contribution < -0.4 is 4.31 Å². The van der Waals surface area contributed by atoms with Crippen molar-refractivity contribution in [2.24, 2.45) is 0 Å². The van der Waals surface area contributed by atoms with E-state index in [4.69, 9.17) is 0 Å². The molecule has 2 aromatic heterocycles. The first-order valence-electron chi connectivity index (χ1n) is 11.0. The zero-order valence-electron chi connectivity index (χ0n) is 19.5. The van der Waals surface area contributed by atoms with Gasteiger partial charge in [-0.05, 0) is 35.2 Å². The van der Waals surface area contributed by atoms with Gasteiger partial charge in [0.05, 0.1) is 15.9 Å². The van der Waals surface area contributed by atoms with Crippen LogP contribution in [0, 0.1) is 0 Å². The van der Waals surface area contributed by atoms with Gasteiger partial charge in [-0.1, -0.05) is 75.4 Å². The van der Waals surface area contributed by atoms with E-state index in [0.29, 0.717) is 17.0 Å².